The molecule has 3 N–H and O–H groups in total. The predicted molar refractivity (Wildman–Crippen MR) is 122 cm³/mol. The van der Waals surface area contributed by atoms with E-state index < -0.39 is 6.09 Å². The van der Waals surface area contributed by atoms with Gasteiger partial charge in [0, 0.05) is 18.8 Å². The monoisotopic (exact) mass is 512 g/mol. The molecule has 2 aromatic carbocycles. The molecule has 1 amide bonds. The van der Waals surface area contributed by atoms with Crippen molar-refractivity contribution in [2.24, 2.45) is 4.99 Å². The predicted octanol–water partition coefficient (Wildman–Crippen LogP) is 3.47. The van der Waals surface area contributed by atoms with Crippen LogP contribution in [0.15, 0.2) is 47.5 Å². The molecule has 0 radical (unpaired) electrons. The molecule has 0 saturated carbocycles. The number of halogens is 1. The molecule has 8 nitrogen and oxygen atoms in total. The Balaban J connectivity index is 0.00000300. The van der Waals surface area contributed by atoms with Gasteiger partial charge in [0.05, 0.1) is 13.7 Å². The number of guanidine groups is 1. The van der Waals surface area contributed by atoms with E-state index in [1.165, 1.54) is 7.11 Å². The number of methoxy groups -OCH3 is 1. The van der Waals surface area contributed by atoms with Gasteiger partial charge < -0.3 is 24.8 Å². The summed E-state index contributed by atoms with van der Waals surface area (Å²) in [5.41, 5.74) is 2.78. The number of rotatable bonds is 6. The number of carbonyl (C=O) groups excluding carboxylic acids is 1. The third-order valence-corrected chi connectivity index (χ3v) is 4.05. The van der Waals surface area contributed by atoms with E-state index in [1.807, 2.05) is 49.4 Å². The molecule has 1 heterocycles. The van der Waals surface area contributed by atoms with E-state index in [0.29, 0.717) is 18.8 Å². The van der Waals surface area contributed by atoms with Crippen molar-refractivity contribution < 1.29 is 19.0 Å². The van der Waals surface area contributed by atoms with Gasteiger partial charge in [-0.15, -0.1) is 24.0 Å². The summed E-state index contributed by atoms with van der Waals surface area (Å²) < 4.78 is 15.3. The fraction of sp³-hybridized carbons (Fsp3) is 0.300. The molecule has 0 saturated heterocycles. The lowest BCUT2D eigenvalue weighted by Gasteiger charge is -2.12. The fourth-order valence-electron chi connectivity index (χ4n) is 2.61. The first-order valence-electron chi connectivity index (χ1n) is 9.02. The number of nitrogens with zero attached hydrogens (tertiary/aromatic N) is 1. The summed E-state index contributed by atoms with van der Waals surface area (Å²) in [6, 6.07) is 13.3. The summed E-state index contributed by atoms with van der Waals surface area (Å²) in [4.78, 5) is 15.8. The molecule has 0 unspecified atom stereocenters. The molecule has 0 fully saturated rings. The van der Waals surface area contributed by atoms with Crippen LogP contribution in [-0.2, 0) is 17.8 Å². The summed E-state index contributed by atoms with van der Waals surface area (Å²) in [5, 5.41) is 9.16. The number of benzene rings is 2. The average Bonchev–Trinajstić information content (AvgIpc) is 3.19. The quantitative estimate of drug-likeness (QED) is 0.312. The van der Waals surface area contributed by atoms with Gasteiger partial charge >= 0.3 is 6.09 Å². The highest BCUT2D eigenvalue weighted by molar-refractivity contribution is 14.0. The Morgan fingerprint density at radius 2 is 1.79 bits per heavy atom. The zero-order valence-corrected chi connectivity index (χ0v) is 18.7. The normalized spacial score (nSPS) is 12.0. The molecule has 156 valence electrons. The van der Waals surface area contributed by atoms with Crippen molar-refractivity contribution in [1.82, 2.24) is 10.6 Å². The Bertz CT molecular complexity index is 843. The molecule has 0 aromatic heterocycles. The number of anilines is 1. The molecular weight excluding hydrogens is 487 g/mol. The summed E-state index contributed by atoms with van der Waals surface area (Å²) in [6.45, 7) is 4.17. The molecule has 0 atom stereocenters. The largest absolute Gasteiger partial charge is 0.454 e. The molecule has 3 rings (SSSR count). The number of carbonyl (C=O) groups is 1. The van der Waals surface area contributed by atoms with Crippen molar-refractivity contribution in [1.29, 1.82) is 0 Å². The zero-order valence-electron chi connectivity index (χ0n) is 16.4. The van der Waals surface area contributed by atoms with Crippen LogP contribution in [0.5, 0.6) is 11.5 Å². The number of ether oxygens (including phenoxy) is 3. The van der Waals surface area contributed by atoms with Crippen LogP contribution in [0.2, 0.25) is 0 Å². The van der Waals surface area contributed by atoms with Gasteiger partial charge in [0.25, 0.3) is 0 Å². The van der Waals surface area contributed by atoms with E-state index in [-0.39, 0.29) is 30.8 Å². The van der Waals surface area contributed by atoms with Crippen LogP contribution in [0.3, 0.4) is 0 Å². The van der Waals surface area contributed by atoms with E-state index in [9.17, 15) is 4.79 Å². The Kier molecular flexibility index (Phi) is 8.84. The second-order valence-electron chi connectivity index (χ2n) is 6.05. The average molecular weight is 512 g/mol. The minimum Gasteiger partial charge on any atom is -0.454 e. The van der Waals surface area contributed by atoms with Gasteiger partial charge in [-0.3, -0.25) is 5.32 Å². The van der Waals surface area contributed by atoms with E-state index in [4.69, 9.17) is 9.47 Å². The molecule has 29 heavy (non-hydrogen) atoms. The lowest BCUT2D eigenvalue weighted by molar-refractivity contribution is 0.174. The van der Waals surface area contributed by atoms with Gasteiger partial charge in [0.1, 0.15) is 0 Å². The number of hydrogen-bond donors (Lipinski definition) is 3. The minimum absolute atomic E-state index is 0. The molecule has 1 aliphatic rings. The molecule has 0 aliphatic carbocycles. The van der Waals surface area contributed by atoms with Gasteiger partial charge in [-0.2, -0.15) is 0 Å². The lowest BCUT2D eigenvalue weighted by Crippen LogP contribution is -2.36. The van der Waals surface area contributed by atoms with E-state index in [0.717, 1.165) is 35.1 Å². The van der Waals surface area contributed by atoms with Gasteiger partial charge in [0.15, 0.2) is 17.5 Å². The second kappa shape index (κ2) is 11.3. The minimum atomic E-state index is -0.490. The van der Waals surface area contributed by atoms with Crippen molar-refractivity contribution in [3.63, 3.8) is 0 Å². The molecule has 0 spiro atoms. The van der Waals surface area contributed by atoms with Crippen molar-refractivity contribution in [3.8, 4) is 11.5 Å². The Morgan fingerprint density at radius 3 is 2.52 bits per heavy atom. The number of amides is 1. The van der Waals surface area contributed by atoms with Crippen molar-refractivity contribution in [3.05, 3.63) is 53.6 Å². The van der Waals surface area contributed by atoms with Crippen LogP contribution in [0.25, 0.3) is 0 Å². The van der Waals surface area contributed by atoms with Gasteiger partial charge in [-0.05, 0) is 42.3 Å². The third-order valence-electron chi connectivity index (χ3n) is 4.05. The first-order chi connectivity index (χ1) is 13.7. The maximum atomic E-state index is 11.2. The number of hydrogen-bond acceptors (Lipinski definition) is 5. The van der Waals surface area contributed by atoms with Crippen molar-refractivity contribution >= 4 is 41.7 Å². The zero-order chi connectivity index (χ0) is 19.8. The summed E-state index contributed by atoms with van der Waals surface area (Å²) in [6.07, 6.45) is -0.490. The highest BCUT2D eigenvalue weighted by atomic mass is 127. The summed E-state index contributed by atoms with van der Waals surface area (Å²) in [7, 11) is 1.33. The Morgan fingerprint density at radius 1 is 1.07 bits per heavy atom. The van der Waals surface area contributed by atoms with Gasteiger partial charge in [-0.25, -0.2) is 9.79 Å². The Hall–Kier alpha value is -2.69. The number of fused-ring (bicyclic) bond motifs is 1. The van der Waals surface area contributed by atoms with Crippen molar-refractivity contribution in [2.45, 2.75) is 20.0 Å². The van der Waals surface area contributed by atoms with Crippen molar-refractivity contribution in [2.75, 3.05) is 25.8 Å². The summed E-state index contributed by atoms with van der Waals surface area (Å²) >= 11 is 0. The lowest BCUT2D eigenvalue weighted by atomic mass is 10.2. The van der Waals surface area contributed by atoms with Crippen LogP contribution < -0.4 is 25.4 Å². The third kappa shape index (κ3) is 6.70. The second-order valence-corrected chi connectivity index (χ2v) is 6.05. The van der Waals surface area contributed by atoms with Gasteiger partial charge in [-0.1, -0.05) is 18.2 Å². The maximum Gasteiger partial charge on any atom is 0.411 e. The van der Waals surface area contributed by atoms with Gasteiger partial charge in [0.2, 0.25) is 6.79 Å². The molecule has 0 bridgehead atoms. The summed E-state index contributed by atoms with van der Waals surface area (Å²) in [5.74, 6) is 2.24. The topological polar surface area (TPSA) is 93.2 Å². The maximum absolute atomic E-state index is 11.2. The van der Waals surface area contributed by atoms with Crippen LogP contribution in [-0.4, -0.2) is 32.5 Å². The number of aliphatic imine (C=N–C) groups is 1. The first-order valence-corrected chi connectivity index (χ1v) is 9.02. The van der Waals surface area contributed by atoms with Crippen LogP contribution in [0.1, 0.15) is 18.1 Å². The fourth-order valence-corrected chi connectivity index (χ4v) is 2.61. The first kappa shape index (κ1) is 22.6. The van der Waals surface area contributed by atoms with Crippen LogP contribution >= 0.6 is 24.0 Å². The van der Waals surface area contributed by atoms with Crippen LogP contribution in [0.4, 0.5) is 10.5 Å². The smallest absolute Gasteiger partial charge is 0.411 e. The standard InChI is InChI=1S/C20H24N4O4.HI/c1-3-21-19(23-12-15-6-9-17-18(10-15)28-13-27-17)22-11-14-4-7-16(8-5-14)24-20(25)26-2;/h4-10H,3,11-13H2,1-2H3,(H,24,25)(H2,21,22,23);1H. The SMILES string of the molecule is CCNC(=NCc1ccc2c(c1)OCO2)NCc1ccc(NC(=O)OC)cc1.I. The van der Waals surface area contributed by atoms with E-state index >= 15 is 0 Å². The highest BCUT2D eigenvalue weighted by Crippen LogP contribution is 2.32. The van der Waals surface area contributed by atoms with Crippen LogP contribution in [0, 0.1) is 0 Å². The molecular formula is C20H25IN4O4. The molecule has 9 heteroatoms. The number of nitrogens with one attached hydrogen (secondary N) is 3. The highest BCUT2D eigenvalue weighted by Gasteiger charge is 2.13. The molecule has 1 aliphatic heterocycles. The molecule has 2 aromatic rings. The van der Waals surface area contributed by atoms with E-state index in [2.05, 4.69) is 25.7 Å². The van der Waals surface area contributed by atoms with E-state index in [1.54, 1.807) is 0 Å². The Labute approximate surface area is 187 Å².